The zero-order chi connectivity index (χ0) is 11.8. The number of likely N-dealkylation sites (N-methyl/N-ethyl adjacent to an activating group) is 1. The molecule has 0 aromatic carbocycles. The standard InChI is InChI=1S/C12H23N3O/c1-12(13-2)5-8-15(9-6-12)10-4-7-14(3)11(10)16/h10,13H,4-9H2,1-3H3. The van der Waals surface area contributed by atoms with Crippen LogP contribution in [0.5, 0.6) is 0 Å². The largest absolute Gasteiger partial charge is 0.344 e. The molecule has 92 valence electrons. The quantitative estimate of drug-likeness (QED) is 0.734. The number of nitrogens with one attached hydrogen (secondary N) is 1. The van der Waals surface area contributed by atoms with Gasteiger partial charge in [-0.3, -0.25) is 9.69 Å². The van der Waals surface area contributed by atoms with Gasteiger partial charge in [-0.2, -0.15) is 0 Å². The second kappa shape index (κ2) is 4.34. The molecule has 0 bridgehead atoms. The number of rotatable bonds is 2. The van der Waals surface area contributed by atoms with Crippen LogP contribution in [-0.4, -0.2) is 61.0 Å². The van der Waals surface area contributed by atoms with Gasteiger partial charge in [-0.25, -0.2) is 0 Å². The fourth-order valence-corrected chi connectivity index (χ4v) is 2.72. The van der Waals surface area contributed by atoms with Gasteiger partial charge < -0.3 is 10.2 Å². The number of hydrogen-bond acceptors (Lipinski definition) is 3. The molecule has 2 rings (SSSR count). The van der Waals surface area contributed by atoms with Crippen LogP contribution in [0.2, 0.25) is 0 Å². The first kappa shape index (κ1) is 11.9. The molecule has 2 fully saturated rings. The van der Waals surface area contributed by atoms with E-state index in [0.717, 1.165) is 38.9 Å². The second-order valence-electron chi connectivity index (χ2n) is 5.41. The van der Waals surface area contributed by atoms with Crippen molar-refractivity contribution in [2.45, 2.75) is 37.8 Å². The van der Waals surface area contributed by atoms with Crippen LogP contribution < -0.4 is 5.32 Å². The van der Waals surface area contributed by atoms with E-state index in [0.29, 0.717) is 5.91 Å². The molecular weight excluding hydrogens is 202 g/mol. The monoisotopic (exact) mass is 225 g/mol. The molecule has 0 radical (unpaired) electrons. The summed E-state index contributed by atoms with van der Waals surface area (Å²) in [5, 5.41) is 3.39. The maximum absolute atomic E-state index is 11.9. The Bertz CT molecular complexity index is 271. The summed E-state index contributed by atoms with van der Waals surface area (Å²) in [5.74, 6) is 0.313. The van der Waals surface area contributed by atoms with Crippen LogP contribution in [0.1, 0.15) is 26.2 Å². The van der Waals surface area contributed by atoms with Crippen LogP contribution in [-0.2, 0) is 4.79 Å². The van der Waals surface area contributed by atoms with E-state index >= 15 is 0 Å². The lowest BCUT2D eigenvalue weighted by Crippen LogP contribution is -2.53. The average Bonchev–Trinajstić information content (AvgIpc) is 2.62. The predicted octanol–water partition coefficient (Wildman–Crippen LogP) is 0.291. The molecule has 1 unspecified atom stereocenters. The Balaban J connectivity index is 1.92. The molecule has 0 aromatic heterocycles. The Morgan fingerprint density at radius 3 is 2.38 bits per heavy atom. The summed E-state index contributed by atoms with van der Waals surface area (Å²) < 4.78 is 0. The number of hydrogen-bond donors (Lipinski definition) is 1. The summed E-state index contributed by atoms with van der Waals surface area (Å²) >= 11 is 0. The summed E-state index contributed by atoms with van der Waals surface area (Å²) in [7, 11) is 3.94. The zero-order valence-corrected chi connectivity index (χ0v) is 10.6. The van der Waals surface area contributed by atoms with Gasteiger partial charge in [0.1, 0.15) is 0 Å². The van der Waals surface area contributed by atoms with E-state index in [4.69, 9.17) is 0 Å². The predicted molar refractivity (Wildman–Crippen MR) is 64.3 cm³/mol. The van der Waals surface area contributed by atoms with Gasteiger partial charge in [0.05, 0.1) is 6.04 Å². The number of carbonyl (C=O) groups excluding carboxylic acids is 1. The number of likely N-dealkylation sites (tertiary alicyclic amines) is 2. The van der Waals surface area contributed by atoms with Gasteiger partial charge in [0.15, 0.2) is 0 Å². The molecular formula is C12H23N3O. The molecule has 0 aliphatic carbocycles. The molecule has 4 nitrogen and oxygen atoms in total. The van der Waals surface area contributed by atoms with Crippen molar-refractivity contribution in [2.75, 3.05) is 33.7 Å². The summed E-state index contributed by atoms with van der Waals surface area (Å²) in [6.45, 7) is 5.28. The van der Waals surface area contributed by atoms with Crippen molar-refractivity contribution in [3.8, 4) is 0 Å². The van der Waals surface area contributed by atoms with E-state index in [2.05, 4.69) is 17.1 Å². The van der Waals surface area contributed by atoms with Crippen molar-refractivity contribution in [3.05, 3.63) is 0 Å². The van der Waals surface area contributed by atoms with Crippen molar-refractivity contribution in [1.29, 1.82) is 0 Å². The smallest absolute Gasteiger partial charge is 0.239 e. The molecule has 0 spiro atoms. The van der Waals surface area contributed by atoms with Crippen LogP contribution in [0.4, 0.5) is 0 Å². The van der Waals surface area contributed by atoms with E-state index in [1.165, 1.54) is 0 Å². The number of amides is 1. The highest BCUT2D eigenvalue weighted by atomic mass is 16.2. The van der Waals surface area contributed by atoms with Crippen molar-refractivity contribution in [3.63, 3.8) is 0 Å². The Morgan fingerprint density at radius 2 is 1.94 bits per heavy atom. The van der Waals surface area contributed by atoms with E-state index < -0.39 is 0 Å². The van der Waals surface area contributed by atoms with E-state index in [9.17, 15) is 4.79 Å². The summed E-state index contributed by atoms with van der Waals surface area (Å²) in [5.41, 5.74) is 0.268. The number of carbonyl (C=O) groups is 1. The normalized spacial score (nSPS) is 31.1. The fraction of sp³-hybridized carbons (Fsp3) is 0.917. The van der Waals surface area contributed by atoms with Gasteiger partial charge in [-0.15, -0.1) is 0 Å². The third-order valence-corrected chi connectivity index (χ3v) is 4.35. The first-order chi connectivity index (χ1) is 7.56. The van der Waals surface area contributed by atoms with Gasteiger partial charge in [-0.1, -0.05) is 0 Å². The maximum Gasteiger partial charge on any atom is 0.239 e. The maximum atomic E-state index is 11.9. The average molecular weight is 225 g/mol. The van der Waals surface area contributed by atoms with E-state index in [-0.39, 0.29) is 11.6 Å². The van der Waals surface area contributed by atoms with Crippen molar-refractivity contribution < 1.29 is 4.79 Å². The van der Waals surface area contributed by atoms with Crippen LogP contribution in [0.3, 0.4) is 0 Å². The molecule has 16 heavy (non-hydrogen) atoms. The second-order valence-corrected chi connectivity index (χ2v) is 5.41. The minimum Gasteiger partial charge on any atom is -0.344 e. The SMILES string of the molecule is CNC1(C)CCN(C2CCN(C)C2=O)CC1. The van der Waals surface area contributed by atoms with Crippen LogP contribution >= 0.6 is 0 Å². The molecule has 2 saturated heterocycles. The topological polar surface area (TPSA) is 35.6 Å². The van der Waals surface area contributed by atoms with Gasteiger partial charge in [0.25, 0.3) is 0 Å². The lowest BCUT2D eigenvalue weighted by molar-refractivity contribution is -0.131. The first-order valence-electron chi connectivity index (χ1n) is 6.24. The fourth-order valence-electron chi connectivity index (χ4n) is 2.72. The Hall–Kier alpha value is -0.610. The molecule has 1 atom stereocenters. The minimum absolute atomic E-state index is 0.159. The molecule has 0 aromatic rings. The van der Waals surface area contributed by atoms with Gasteiger partial charge in [-0.05, 0) is 33.2 Å². The molecule has 2 aliphatic rings. The third kappa shape index (κ3) is 2.09. The molecule has 2 aliphatic heterocycles. The zero-order valence-electron chi connectivity index (χ0n) is 10.6. The van der Waals surface area contributed by atoms with Gasteiger partial charge in [0, 0.05) is 32.2 Å². The van der Waals surface area contributed by atoms with E-state index in [1.54, 1.807) is 0 Å². The van der Waals surface area contributed by atoms with E-state index in [1.807, 2.05) is 19.0 Å². The number of piperidine rings is 1. The van der Waals surface area contributed by atoms with Gasteiger partial charge >= 0.3 is 0 Å². The lowest BCUT2D eigenvalue weighted by atomic mass is 9.89. The first-order valence-corrected chi connectivity index (χ1v) is 6.24. The van der Waals surface area contributed by atoms with Gasteiger partial charge in [0.2, 0.25) is 5.91 Å². The molecule has 4 heteroatoms. The van der Waals surface area contributed by atoms with Crippen LogP contribution in [0.25, 0.3) is 0 Å². The minimum atomic E-state index is 0.159. The van der Waals surface area contributed by atoms with Crippen molar-refractivity contribution >= 4 is 5.91 Å². The Kier molecular flexibility index (Phi) is 3.22. The lowest BCUT2D eigenvalue weighted by Gasteiger charge is -2.41. The third-order valence-electron chi connectivity index (χ3n) is 4.35. The highest BCUT2D eigenvalue weighted by molar-refractivity contribution is 5.83. The summed E-state index contributed by atoms with van der Waals surface area (Å²) in [4.78, 5) is 16.1. The number of nitrogens with zero attached hydrogens (tertiary/aromatic N) is 2. The Labute approximate surface area is 98.0 Å². The van der Waals surface area contributed by atoms with Crippen LogP contribution in [0, 0.1) is 0 Å². The molecule has 0 saturated carbocycles. The summed E-state index contributed by atoms with van der Waals surface area (Å²) in [6.07, 6.45) is 3.28. The molecule has 1 amide bonds. The molecule has 2 heterocycles. The van der Waals surface area contributed by atoms with Crippen molar-refractivity contribution in [1.82, 2.24) is 15.1 Å². The van der Waals surface area contributed by atoms with Crippen LogP contribution in [0.15, 0.2) is 0 Å². The summed E-state index contributed by atoms with van der Waals surface area (Å²) in [6, 6.07) is 0.159. The Morgan fingerprint density at radius 1 is 1.31 bits per heavy atom. The molecule has 1 N–H and O–H groups in total. The van der Waals surface area contributed by atoms with Crippen molar-refractivity contribution in [2.24, 2.45) is 0 Å². The highest BCUT2D eigenvalue weighted by Crippen LogP contribution is 2.25. The highest BCUT2D eigenvalue weighted by Gasteiger charge is 2.37.